The van der Waals surface area contributed by atoms with E-state index in [9.17, 15) is 13.2 Å². The number of aromatic nitrogens is 1. The van der Waals surface area contributed by atoms with E-state index in [1.165, 1.54) is 12.3 Å². The summed E-state index contributed by atoms with van der Waals surface area (Å²) in [4.78, 5) is 12.3. The third kappa shape index (κ3) is 2.98. The van der Waals surface area contributed by atoms with Crippen LogP contribution in [0.15, 0.2) is 17.2 Å². The minimum Gasteiger partial charge on any atom is -0.350 e. The first-order chi connectivity index (χ1) is 9.86. The Morgan fingerprint density at radius 3 is 2.62 bits per heavy atom. The first-order valence-corrected chi connectivity index (χ1v) is 8.94. The first-order valence-electron chi connectivity index (χ1n) is 7.39. The molecule has 3 rings (SSSR count). The topological polar surface area (TPSA) is 94.2 Å². The molecule has 7 heteroatoms. The number of hydrogen-bond acceptors (Lipinski definition) is 3. The number of carbonyl (C=O) groups is 1. The van der Waals surface area contributed by atoms with E-state index in [1.54, 1.807) is 4.57 Å². The van der Waals surface area contributed by atoms with Crippen LogP contribution < -0.4 is 10.5 Å². The van der Waals surface area contributed by atoms with Crippen molar-refractivity contribution in [2.45, 2.75) is 43.5 Å². The molecule has 1 aromatic rings. The SMILES string of the molecule is CC1CC1CNC(=O)c1cc(S(N)(=O)=O)cn1C1CCC1. The van der Waals surface area contributed by atoms with E-state index in [2.05, 4.69) is 12.2 Å². The van der Waals surface area contributed by atoms with Crippen molar-refractivity contribution in [2.24, 2.45) is 17.0 Å². The van der Waals surface area contributed by atoms with E-state index in [0.717, 1.165) is 25.7 Å². The third-order valence-corrected chi connectivity index (χ3v) is 5.53. The van der Waals surface area contributed by atoms with Crippen molar-refractivity contribution in [3.05, 3.63) is 18.0 Å². The molecule has 3 N–H and O–H groups in total. The summed E-state index contributed by atoms with van der Waals surface area (Å²) in [5.41, 5.74) is 0.400. The molecule has 1 amide bonds. The van der Waals surface area contributed by atoms with Crippen LogP contribution in [0.2, 0.25) is 0 Å². The molecule has 2 fully saturated rings. The highest BCUT2D eigenvalue weighted by Gasteiger charge is 2.33. The molecule has 2 unspecified atom stereocenters. The van der Waals surface area contributed by atoms with Gasteiger partial charge in [0, 0.05) is 18.8 Å². The van der Waals surface area contributed by atoms with Crippen LogP contribution in [0.5, 0.6) is 0 Å². The van der Waals surface area contributed by atoms with Crippen LogP contribution in [0.4, 0.5) is 0 Å². The first kappa shape index (κ1) is 14.6. The van der Waals surface area contributed by atoms with Gasteiger partial charge in [-0.05, 0) is 43.6 Å². The van der Waals surface area contributed by atoms with Gasteiger partial charge >= 0.3 is 0 Å². The minimum atomic E-state index is -3.78. The Hall–Kier alpha value is -1.34. The highest BCUT2D eigenvalue weighted by Crippen LogP contribution is 2.37. The number of primary sulfonamides is 1. The molecule has 1 aromatic heterocycles. The maximum absolute atomic E-state index is 12.3. The molecular weight excluding hydrogens is 290 g/mol. The maximum Gasteiger partial charge on any atom is 0.267 e. The van der Waals surface area contributed by atoms with E-state index in [0.29, 0.717) is 24.1 Å². The fraction of sp³-hybridized carbons (Fsp3) is 0.643. The number of hydrogen-bond donors (Lipinski definition) is 2. The Balaban J connectivity index is 1.81. The molecule has 0 bridgehead atoms. The van der Waals surface area contributed by atoms with Gasteiger partial charge in [-0.1, -0.05) is 6.92 Å². The molecule has 2 saturated carbocycles. The Morgan fingerprint density at radius 1 is 1.48 bits per heavy atom. The molecule has 21 heavy (non-hydrogen) atoms. The highest BCUT2D eigenvalue weighted by molar-refractivity contribution is 7.89. The Morgan fingerprint density at radius 2 is 2.14 bits per heavy atom. The zero-order valence-electron chi connectivity index (χ0n) is 12.1. The number of sulfonamides is 1. The van der Waals surface area contributed by atoms with Crippen LogP contribution in [0.1, 0.15) is 49.1 Å². The normalized spacial score (nSPS) is 25.4. The quantitative estimate of drug-likeness (QED) is 0.856. The number of nitrogens with two attached hydrogens (primary N) is 1. The monoisotopic (exact) mass is 311 g/mol. The van der Waals surface area contributed by atoms with Gasteiger partial charge in [-0.3, -0.25) is 4.79 Å². The zero-order valence-corrected chi connectivity index (χ0v) is 12.9. The van der Waals surface area contributed by atoms with Crippen LogP contribution in [0.3, 0.4) is 0 Å². The second kappa shape index (κ2) is 5.14. The average molecular weight is 311 g/mol. The van der Waals surface area contributed by atoms with Crippen LogP contribution in [0, 0.1) is 11.8 Å². The second-order valence-electron chi connectivity index (χ2n) is 6.28. The van der Waals surface area contributed by atoms with Gasteiger partial charge < -0.3 is 9.88 Å². The summed E-state index contributed by atoms with van der Waals surface area (Å²) >= 11 is 0. The maximum atomic E-state index is 12.3. The van der Waals surface area contributed by atoms with Gasteiger partial charge in [0.2, 0.25) is 10.0 Å². The van der Waals surface area contributed by atoms with Crippen molar-refractivity contribution in [1.29, 1.82) is 0 Å². The van der Waals surface area contributed by atoms with Gasteiger partial charge in [-0.2, -0.15) is 0 Å². The lowest BCUT2D eigenvalue weighted by molar-refractivity contribution is 0.0936. The predicted molar refractivity (Wildman–Crippen MR) is 78.3 cm³/mol. The van der Waals surface area contributed by atoms with Crippen LogP contribution in [-0.2, 0) is 10.0 Å². The summed E-state index contributed by atoms with van der Waals surface area (Å²) in [6, 6.07) is 1.60. The summed E-state index contributed by atoms with van der Waals surface area (Å²) in [6.45, 7) is 2.81. The molecule has 2 aliphatic carbocycles. The highest BCUT2D eigenvalue weighted by atomic mass is 32.2. The van der Waals surface area contributed by atoms with Crippen LogP contribution in [-0.4, -0.2) is 25.4 Å². The fourth-order valence-electron chi connectivity index (χ4n) is 2.76. The van der Waals surface area contributed by atoms with E-state index in [4.69, 9.17) is 5.14 Å². The summed E-state index contributed by atoms with van der Waals surface area (Å²) in [5.74, 6) is 1.01. The molecule has 0 saturated heterocycles. The average Bonchev–Trinajstić information content (AvgIpc) is 2.84. The number of carbonyl (C=O) groups excluding carboxylic acids is 1. The summed E-state index contributed by atoms with van der Waals surface area (Å²) in [5, 5.41) is 8.08. The van der Waals surface area contributed by atoms with Crippen molar-refractivity contribution in [2.75, 3.05) is 6.54 Å². The second-order valence-corrected chi connectivity index (χ2v) is 7.84. The molecule has 6 nitrogen and oxygen atoms in total. The van der Waals surface area contributed by atoms with Crippen molar-refractivity contribution in [3.8, 4) is 0 Å². The third-order valence-electron chi connectivity index (χ3n) is 4.65. The Labute approximate surface area is 124 Å². The van der Waals surface area contributed by atoms with Crippen molar-refractivity contribution in [1.82, 2.24) is 9.88 Å². The fourth-order valence-corrected chi connectivity index (χ4v) is 3.29. The van der Waals surface area contributed by atoms with Gasteiger partial charge in [0.05, 0.1) is 0 Å². The van der Waals surface area contributed by atoms with E-state index < -0.39 is 10.0 Å². The summed E-state index contributed by atoms with van der Waals surface area (Å²) in [7, 11) is -3.78. The summed E-state index contributed by atoms with van der Waals surface area (Å²) < 4.78 is 24.8. The van der Waals surface area contributed by atoms with Crippen molar-refractivity contribution < 1.29 is 13.2 Å². The van der Waals surface area contributed by atoms with Crippen molar-refractivity contribution >= 4 is 15.9 Å². The van der Waals surface area contributed by atoms with E-state index in [1.807, 2.05) is 0 Å². The van der Waals surface area contributed by atoms with Gasteiger partial charge in [-0.25, -0.2) is 13.6 Å². The van der Waals surface area contributed by atoms with Gasteiger partial charge in [0.15, 0.2) is 0 Å². The van der Waals surface area contributed by atoms with Gasteiger partial charge in [0.25, 0.3) is 5.91 Å². The molecule has 1 heterocycles. The minimum absolute atomic E-state index is 0.0133. The van der Waals surface area contributed by atoms with E-state index in [-0.39, 0.29) is 16.8 Å². The molecule has 116 valence electrons. The number of rotatable bonds is 5. The molecule has 2 atom stereocenters. The Kier molecular flexibility index (Phi) is 3.57. The smallest absolute Gasteiger partial charge is 0.267 e. The molecule has 0 aromatic carbocycles. The number of amides is 1. The lowest BCUT2D eigenvalue weighted by atomic mass is 9.93. The van der Waals surface area contributed by atoms with Crippen molar-refractivity contribution in [3.63, 3.8) is 0 Å². The van der Waals surface area contributed by atoms with E-state index >= 15 is 0 Å². The van der Waals surface area contributed by atoms with Gasteiger partial charge in [0.1, 0.15) is 10.6 Å². The van der Waals surface area contributed by atoms with Gasteiger partial charge in [-0.15, -0.1) is 0 Å². The predicted octanol–water partition coefficient (Wildman–Crippen LogP) is 1.25. The lowest BCUT2D eigenvalue weighted by Gasteiger charge is -2.28. The zero-order chi connectivity index (χ0) is 15.2. The summed E-state index contributed by atoms with van der Waals surface area (Å²) in [6.07, 6.45) is 5.69. The molecule has 2 aliphatic rings. The number of nitrogens with zero attached hydrogens (tertiary/aromatic N) is 1. The van der Waals surface area contributed by atoms with Crippen LogP contribution in [0.25, 0.3) is 0 Å². The van der Waals surface area contributed by atoms with Crippen LogP contribution >= 0.6 is 0 Å². The molecule has 0 aliphatic heterocycles. The molecule has 0 radical (unpaired) electrons. The largest absolute Gasteiger partial charge is 0.350 e. The Bertz CT molecular complexity index is 661. The molecule has 0 spiro atoms. The standard InChI is InChI=1S/C14H21N3O3S/c1-9-5-10(9)7-16-14(18)13-6-12(21(15,19)20)8-17(13)11-3-2-4-11/h6,8-11H,2-5,7H2,1H3,(H,16,18)(H2,15,19,20). The molecular formula is C14H21N3O3S. The lowest BCUT2D eigenvalue weighted by Crippen LogP contribution is -2.30. The number of nitrogens with one attached hydrogen (secondary N) is 1.